The lowest BCUT2D eigenvalue weighted by molar-refractivity contribution is 0.612. The third-order valence-electron chi connectivity index (χ3n) is 2.36. The van der Waals surface area contributed by atoms with E-state index in [0.717, 1.165) is 0 Å². The van der Waals surface area contributed by atoms with Gasteiger partial charge in [-0.25, -0.2) is 4.39 Å². The normalized spacial score (nSPS) is 14.0. The van der Waals surface area contributed by atoms with E-state index >= 15 is 0 Å². The Hall–Kier alpha value is -1.25. The Kier molecular flexibility index (Phi) is 5.26. The minimum absolute atomic E-state index is 0.131. The van der Waals surface area contributed by atoms with Crippen LogP contribution < -0.4 is 5.73 Å². The van der Waals surface area contributed by atoms with Gasteiger partial charge in [0, 0.05) is 22.1 Å². The van der Waals surface area contributed by atoms with Crippen molar-refractivity contribution in [3.8, 4) is 6.07 Å². The lowest BCUT2D eigenvalue weighted by Gasteiger charge is -2.08. The fourth-order valence-corrected chi connectivity index (χ4v) is 2.83. The zero-order chi connectivity index (χ0) is 12.8. The molecule has 0 aliphatic carbocycles. The molecule has 3 nitrogen and oxygen atoms in total. The molecule has 1 rings (SSSR count). The summed E-state index contributed by atoms with van der Waals surface area (Å²) >= 11 is 0. The first-order valence-electron chi connectivity index (χ1n) is 5.30. The van der Waals surface area contributed by atoms with Crippen molar-refractivity contribution in [2.45, 2.75) is 12.7 Å². The Morgan fingerprint density at radius 3 is 2.88 bits per heavy atom. The molecule has 0 amide bonds. The highest BCUT2D eigenvalue weighted by molar-refractivity contribution is 7.84. The van der Waals surface area contributed by atoms with Gasteiger partial charge >= 0.3 is 0 Å². The fourth-order valence-electron chi connectivity index (χ4n) is 1.37. The Morgan fingerprint density at radius 1 is 1.59 bits per heavy atom. The first-order chi connectivity index (χ1) is 8.06. The molecule has 0 heterocycles. The lowest BCUT2D eigenvalue weighted by atomic mass is 10.1. The summed E-state index contributed by atoms with van der Waals surface area (Å²) in [7, 11) is -1.15. The molecule has 0 saturated carbocycles. The van der Waals surface area contributed by atoms with Crippen molar-refractivity contribution in [2.75, 3.05) is 12.3 Å². The van der Waals surface area contributed by atoms with Crippen LogP contribution in [0.5, 0.6) is 0 Å². The highest BCUT2D eigenvalue weighted by Gasteiger charge is 2.10. The van der Waals surface area contributed by atoms with Crippen LogP contribution in [0.1, 0.15) is 18.1 Å². The van der Waals surface area contributed by atoms with Gasteiger partial charge in [-0.3, -0.25) is 4.21 Å². The predicted molar refractivity (Wildman–Crippen MR) is 66.0 cm³/mol. The van der Waals surface area contributed by atoms with Crippen molar-refractivity contribution in [2.24, 2.45) is 11.7 Å². The van der Waals surface area contributed by atoms with Crippen LogP contribution in [0.4, 0.5) is 4.39 Å². The molecule has 0 bridgehead atoms. The Labute approximate surface area is 103 Å². The van der Waals surface area contributed by atoms with Crippen LogP contribution >= 0.6 is 0 Å². The number of nitrogens with two attached hydrogens (primary N) is 1. The van der Waals surface area contributed by atoms with Crippen LogP contribution in [0.3, 0.4) is 0 Å². The number of benzene rings is 1. The zero-order valence-electron chi connectivity index (χ0n) is 9.65. The second-order valence-electron chi connectivity index (χ2n) is 4.01. The van der Waals surface area contributed by atoms with Crippen LogP contribution in [0.15, 0.2) is 18.2 Å². The Balaban J connectivity index is 2.74. The van der Waals surface area contributed by atoms with Gasteiger partial charge in [0.2, 0.25) is 0 Å². The molecule has 0 fully saturated rings. The number of hydrogen-bond donors (Lipinski definition) is 1. The van der Waals surface area contributed by atoms with Gasteiger partial charge in [-0.15, -0.1) is 0 Å². The second-order valence-corrected chi connectivity index (χ2v) is 5.51. The smallest absolute Gasteiger partial charge is 0.127 e. The molecule has 2 atom stereocenters. The van der Waals surface area contributed by atoms with E-state index in [1.165, 1.54) is 18.2 Å². The van der Waals surface area contributed by atoms with Gasteiger partial charge in [0.1, 0.15) is 5.82 Å². The Morgan fingerprint density at radius 2 is 2.29 bits per heavy atom. The molecule has 0 radical (unpaired) electrons. The molecule has 92 valence electrons. The predicted octanol–water partition coefficient (Wildman–Crippen LogP) is 1.54. The van der Waals surface area contributed by atoms with Crippen LogP contribution in [0, 0.1) is 23.1 Å². The number of nitriles is 1. The van der Waals surface area contributed by atoms with Gasteiger partial charge in [-0.2, -0.15) is 5.26 Å². The van der Waals surface area contributed by atoms with E-state index in [1.807, 2.05) is 13.0 Å². The summed E-state index contributed by atoms with van der Waals surface area (Å²) in [4.78, 5) is 0. The van der Waals surface area contributed by atoms with E-state index < -0.39 is 16.6 Å². The van der Waals surface area contributed by atoms with Crippen molar-refractivity contribution in [1.29, 1.82) is 5.26 Å². The molecular formula is C12H15FN2OS. The monoisotopic (exact) mass is 254 g/mol. The molecule has 5 heteroatoms. The molecule has 0 spiro atoms. The van der Waals surface area contributed by atoms with Crippen molar-refractivity contribution in [3.05, 3.63) is 35.1 Å². The minimum atomic E-state index is -1.15. The average molecular weight is 254 g/mol. The summed E-state index contributed by atoms with van der Waals surface area (Å²) in [5.74, 6) is 0.314. The van der Waals surface area contributed by atoms with Gasteiger partial charge in [-0.1, -0.05) is 6.92 Å². The molecule has 2 N–H and O–H groups in total. The first-order valence-corrected chi connectivity index (χ1v) is 6.79. The second kappa shape index (κ2) is 6.48. The quantitative estimate of drug-likeness (QED) is 0.866. The summed E-state index contributed by atoms with van der Waals surface area (Å²) in [6, 6.07) is 6.02. The molecule has 0 aliphatic rings. The summed E-state index contributed by atoms with van der Waals surface area (Å²) in [6.45, 7) is 2.37. The van der Waals surface area contributed by atoms with E-state index in [0.29, 0.717) is 23.4 Å². The van der Waals surface area contributed by atoms with Gasteiger partial charge in [-0.05, 0) is 30.7 Å². The number of rotatable bonds is 5. The largest absolute Gasteiger partial charge is 0.330 e. The van der Waals surface area contributed by atoms with Crippen LogP contribution in [0.25, 0.3) is 0 Å². The highest BCUT2D eigenvalue weighted by atomic mass is 32.2. The van der Waals surface area contributed by atoms with E-state index in [1.54, 1.807) is 0 Å². The molecule has 1 aromatic rings. The van der Waals surface area contributed by atoms with Crippen molar-refractivity contribution >= 4 is 10.8 Å². The SMILES string of the molecule is CC(CN)CS(=O)Cc1cc(C#N)ccc1F. The standard InChI is InChI=1S/C12H15FN2OS/c1-9(5-14)7-17(16)8-11-4-10(6-15)2-3-12(11)13/h2-4,9H,5,7-8,14H2,1H3. The third-order valence-corrected chi connectivity index (χ3v) is 3.94. The fraction of sp³-hybridized carbons (Fsp3) is 0.417. The summed E-state index contributed by atoms with van der Waals surface area (Å²) < 4.78 is 25.2. The minimum Gasteiger partial charge on any atom is -0.330 e. The van der Waals surface area contributed by atoms with Crippen LogP contribution in [0.2, 0.25) is 0 Å². The molecule has 0 aliphatic heterocycles. The summed E-state index contributed by atoms with van der Waals surface area (Å²) in [5, 5.41) is 8.71. The van der Waals surface area contributed by atoms with Gasteiger partial charge in [0.05, 0.1) is 17.4 Å². The average Bonchev–Trinajstić information content (AvgIpc) is 2.31. The molecular weight excluding hydrogens is 239 g/mol. The maximum Gasteiger partial charge on any atom is 0.127 e. The van der Waals surface area contributed by atoms with E-state index in [9.17, 15) is 8.60 Å². The van der Waals surface area contributed by atoms with Crippen LogP contribution in [-0.4, -0.2) is 16.5 Å². The van der Waals surface area contributed by atoms with Gasteiger partial charge in [0.25, 0.3) is 0 Å². The number of nitrogens with zero attached hydrogens (tertiary/aromatic N) is 1. The third kappa shape index (κ3) is 4.25. The molecule has 17 heavy (non-hydrogen) atoms. The molecule has 0 saturated heterocycles. The maximum atomic E-state index is 13.4. The molecule has 2 unspecified atom stereocenters. The molecule has 0 aromatic heterocycles. The summed E-state index contributed by atoms with van der Waals surface area (Å²) in [5.41, 5.74) is 6.14. The number of hydrogen-bond acceptors (Lipinski definition) is 3. The number of halogens is 1. The lowest BCUT2D eigenvalue weighted by Crippen LogP contribution is -2.18. The van der Waals surface area contributed by atoms with Gasteiger partial charge < -0.3 is 5.73 Å². The molecule has 1 aromatic carbocycles. The topological polar surface area (TPSA) is 66.9 Å². The maximum absolute atomic E-state index is 13.4. The zero-order valence-corrected chi connectivity index (χ0v) is 10.5. The van der Waals surface area contributed by atoms with Gasteiger partial charge in [0.15, 0.2) is 0 Å². The first kappa shape index (κ1) is 13.8. The van der Waals surface area contributed by atoms with E-state index in [-0.39, 0.29) is 11.7 Å². The summed E-state index contributed by atoms with van der Waals surface area (Å²) in [6.07, 6.45) is 0. The van der Waals surface area contributed by atoms with Crippen molar-refractivity contribution in [1.82, 2.24) is 0 Å². The van der Waals surface area contributed by atoms with E-state index in [2.05, 4.69) is 0 Å². The van der Waals surface area contributed by atoms with Crippen molar-refractivity contribution in [3.63, 3.8) is 0 Å². The Bertz CT molecular complexity index is 456. The van der Waals surface area contributed by atoms with Crippen LogP contribution in [-0.2, 0) is 16.6 Å². The van der Waals surface area contributed by atoms with Crippen molar-refractivity contribution < 1.29 is 8.60 Å². The highest BCUT2D eigenvalue weighted by Crippen LogP contribution is 2.13. The van der Waals surface area contributed by atoms with E-state index in [4.69, 9.17) is 11.0 Å².